The Morgan fingerprint density at radius 1 is 1.11 bits per heavy atom. The first-order valence-corrected chi connectivity index (χ1v) is 9.70. The third-order valence-corrected chi connectivity index (χ3v) is 5.64. The fraction of sp³-hybridized carbons (Fsp3) is 1.00. The molecule has 0 amide bonds. The lowest BCUT2D eigenvalue weighted by atomic mass is 10.3. The summed E-state index contributed by atoms with van der Waals surface area (Å²) in [5, 5.41) is 0. The monoisotopic (exact) mass is 301 g/mol. The second-order valence-corrected chi connectivity index (χ2v) is 7.88. The fourth-order valence-electron chi connectivity index (χ4n) is 1.38. The van der Waals surface area contributed by atoms with Gasteiger partial charge in [-0.05, 0) is 20.3 Å². The maximum absolute atomic E-state index is 12.3. The Bertz CT molecular complexity index is 360. The maximum atomic E-state index is 12.3. The van der Waals surface area contributed by atoms with E-state index in [1.165, 1.54) is 4.31 Å². The van der Waals surface area contributed by atoms with E-state index in [4.69, 9.17) is 9.05 Å². The Hall–Kier alpha value is 0.0600. The molecule has 0 unspecified atom stereocenters. The zero-order valence-electron chi connectivity index (χ0n) is 11.6. The van der Waals surface area contributed by atoms with Crippen molar-refractivity contribution in [3.05, 3.63) is 0 Å². The molecule has 0 aliphatic carbocycles. The van der Waals surface area contributed by atoms with Gasteiger partial charge in [0.25, 0.3) is 0 Å². The van der Waals surface area contributed by atoms with E-state index in [1.807, 2.05) is 6.92 Å². The van der Waals surface area contributed by atoms with Gasteiger partial charge in [-0.1, -0.05) is 13.3 Å². The third-order valence-electron chi connectivity index (χ3n) is 2.21. The minimum atomic E-state index is -3.41. The van der Waals surface area contributed by atoms with E-state index in [0.717, 1.165) is 12.7 Å². The summed E-state index contributed by atoms with van der Waals surface area (Å²) in [6.45, 7) is 6.14. The molecule has 8 heteroatoms. The molecule has 0 heterocycles. The van der Waals surface area contributed by atoms with Crippen LogP contribution in [0.4, 0.5) is 0 Å². The molecule has 0 aromatic heterocycles. The highest BCUT2D eigenvalue weighted by Gasteiger charge is 2.31. The van der Waals surface area contributed by atoms with Crippen molar-refractivity contribution < 1.29 is 22.0 Å². The Kier molecular flexibility index (Phi) is 8.30. The van der Waals surface area contributed by atoms with Crippen LogP contribution in [0.1, 0.15) is 33.6 Å². The molecule has 0 atom stereocenters. The number of nitrogens with zero attached hydrogens (tertiary/aromatic N) is 1. The Morgan fingerprint density at radius 3 is 1.94 bits per heavy atom. The van der Waals surface area contributed by atoms with Crippen LogP contribution in [0.15, 0.2) is 0 Å². The normalized spacial score (nSPS) is 13.2. The van der Waals surface area contributed by atoms with Gasteiger partial charge in [-0.3, -0.25) is 4.57 Å². The van der Waals surface area contributed by atoms with Crippen LogP contribution < -0.4 is 0 Å². The quantitative estimate of drug-likeness (QED) is 0.579. The van der Waals surface area contributed by atoms with E-state index in [9.17, 15) is 13.0 Å². The summed E-state index contributed by atoms with van der Waals surface area (Å²) < 4.78 is 46.9. The van der Waals surface area contributed by atoms with Crippen LogP contribution in [0.25, 0.3) is 0 Å². The average molecular weight is 301 g/mol. The lowest BCUT2D eigenvalue weighted by Crippen LogP contribution is -2.32. The molecule has 0 aliphatic heterocycles. The summed E-state index contributed by atoms with van der Waals surface area (Å²) in [6, 6.07) is 0. The van der Waals surface area contributed by atoms with Crippen molar-refractivity contribution in [1.29, 1.82) is 0 Å². The van der Waals surface area contributed by atoms with Gasteiger partial charge in [0.1, 0.15) is 6.29 Å². The van der Waals surface area contributed by atoms with Gasteiger partial charge in [0.05, 0.1) is 19.5 Å². The van der Waals surface area contributed by atoms with Gasteiger partial charge in [0.2, 0.25) is 10.0 Å². The van der Waals surface area contributed by atoms with Crippen LogP contribution in [0.2, 0.25) is 0 Å². The molecule has 0 saturated carbocycles. The molecule has 110 valence electrons. The van der Waals surface area contributed by atoms with Crippen LogP contribution in [-0.4, -0.2) is 45.0 Å². The molecule has 0 aromatic rings. The highest BCUT2D eigenvalue weighted by atomic mass is 32.2. The third kappa shape index (κ3) is 6.85. The summed E-state index contributed by atoms with van der Waals surface area (Å²) in [4.78, 5) is 0. The van der Waals surface area contributed by atoms with Crippen LogP contribution in [0.5, 0.6) is 0 Å². The van der Waals surface area contributed by atoms with Crippen LogP contribution in [0.3, 0.4) is 0 Å². The van der Waals surface area contributed by atoms with Crippen molar-refractivity contribution in [2.45, 2.75) is 33.6 Å². The lowest BCUT2D eigenvalue weighted by Gasteiger charge is -2.24. The largest absolute Gasteiger partial charge is 0.345 e. The predicted octanol–water partition coefficient (Wildman–Crippen LogP) is 2.27. The fourth-order valence-corrected chi connectivity index (χ4v) is 4.66. The molecule has 0 aromatic carbocycles. The SMILES string of the molecule is CCCCN(CP(=O)(OCC)OCC)S(C)(=O)=O. The molecule has 0 N–H and O–H groups in total. The number of rotatable bonds is 10. The van der Waals surface area contributed by atoms with E-state index in [2.05, 4.69) is 0 Å². The smallest absolute Gasteiger partial charge is 0.308 e. The van der Waals surface area contributed by atoms with Crippen molar-refractivity contribution in [3.8, 4) is 0 Å². The van der Waals surface area contributed by atoms with Gasteiger partial charge in [-0.2, -0.15) is 4.31 Å². The van der Waals surface area contributed by atoms with Crippen molar-refractivity contribution in [1.82, 2.24) is 4.31 Å². The molecule has 0 fully saturated rings. The van der Waals surface area contributed by atoms with Crippen LogP contribution in [-0.2, 0) is 23.6 Å². The van der Waals surface area contributed by atoms with E-state index in [-0.39, 0.29) is 19.5 Å². The van der Waals surface area contributed by atoms with Crippen molar-refractivity contribution in [3.63, 3.8) is 0 Å². The first kappa shape index (κ1) is 18.1. The summed E-state index contributed by atoms with van der Waals surface area (Å²) in [5.74, 6) is 0. The van der Waals surface area contributed by atoms with Gasteiger partial charge in [-0.25, -0.2) is 8.42 Å². The molecule has 0 radical (unpaired) electrons. The summed E-state index contributed by atoms with van der Waals surface area (Å²) in [6.07, 6.45) is 2.46. The number of hydrogen-bond acceptors (Lipinski definition) is 5. The Balaban J connectivity index is 4.86. The van der Waals surface area contributed by atoms with Crippen molar-refractivity contribution >= 4 is 17.6 Å². The lowest BCUT2D eigenvalue weighted by molar-refractivity contribution is 0.210. The first-order valence-electron chi connectivity index (χ1n) is 6.12. The summed E-state index contributed by atoms with van der Waals surface area (Å²) >= 11 is 0. The molecule has 0 aliphatic rings. The minimum Gasteiger partial charge on any atom is -0.308 e. The highest BCUT2D eigenvalue weighted by Crippen LogP contribution is 2.48. The van der Waals surface area contributed by atoms with Gasteiger partial charge < -0.3 is 9.05 Å². The van der Waals surface area contributed by atoms with Gasteiger partial charge in [0.15, 0.2) is 0 Å². The van der Waals surface area contributed by atoms with Gasteiger partial charge >= 0.3 is 7.60 Å². The average Bonchev–Trinajstić information content (AvgIpc) is 2.23. The van der Waals surface area contributed by atoms with E-state index >= 15 is 0 Å². The standard InChI is InChI=1S/C10H24NO5PS/c1-5-8-9-11(18(4,13)14)10-17(12,15-6-2)16-7-3/h5-10H2,1-4H3. The molecule has 6 nitrogen and oxygen atoms in total. The Morgan fingerprint density at radius 2 is 1.61 bits per heavy atom. The second kappa shape index (κ2) is 8.27. The number of unbranched alkanes of at least 4 members (excludes halogenated alkanes) is 1. The van der Waals surface area contributed by atoms with E-state index < -0.39 is 17.6 Å². The molecule has 0 bridgehead atoms. The zero-order valence-corrected chi connectivity index (χ0v) is 13.3. The maximum Gasteiger partial charge on any atom is 0.345 e. The van der Waals surface area contributed by atoms with Crippen LogP contribution >= 0.6 is 7.60 Å². The van der Waals surface area contributed by atoms with E-state index in [1.54, 1.807) is 13.8 Å². The first-order chi connectivity index (χ1) is 8.29. The molecule has 0 rings (SSSR count). The number of sulfonamides is 1. The molecule has 18 heavy (non-hydrogen) atoms. The van der Waals surface area contributed by atoms with Crippen molar-refractivity contribution in [2.24, 2.45) is 0 Å². The molecule has 0 saturated heterocycles. The van der Waals surface area contributed by atoms with Crippen LogP contribution in [0, 0.1) is 0 Å². The molecular formula is C10H24NO5PS. The van der Waals surface area contributed by atoms with Gasteiger partial charge in [0, 0.05) is 6.54 Å². The predicted molar refractivity (Wildman–Crippen MR) is 72.2 cm³/mol. The summed E-state index contributed by atoms with van der Waals surface area (Å²) in [5.41, 5.74) is 0. The topological polar surface area (TPSA) is 72.9 Å². The summed E-state index contributed by atoms with van der Waals surface area (Å²) in [7, 11) is -6.77. The zero-order chi connectivity index (χ0) is 14.2. The minimum absolute atomic E-state index is 0.215. The van der Waals surface area contributed by atoms with Gasteiger partial charge in [-0.15, -0.1) is 0 Å². The molecular weight excluding hydrogens is 277 g/mol. The van der Waals surface area contributed by atoms with Crippen molar-refractivity contribution in [2.75, 3.05) is 32.3 Å². The Labute approximate surface area is 110 Å². The highest BCUT2D eigenvalue weighted by molar-refractivity contribution is 7.88. The van der Waals surface area contributed by atoms with E-state index in [0.29, 0.717) is 13.0 Å². The second-order valence-electron chi connectivity index (χ2n) is 3.88. The number of hydrogen-bond donors (Lipinski definition) is 0. The molecule has 0 spiro atoms.